The van der Waals surface area contributed by atoms with Crippen molar-refractivity contribution in [2.45, 2.75) is 64.5 Å². The predicted octanol–water partition coefficient (Wildman–Crippen LogP) is 2.50. The van der Waals surface area contributed by atoms with Crippen LogP contribution in [0.1, 0.15) is 52.9 Å². The molecule has 0 aromatic rings. The van der Waals surface area contributed by atoms with Crippen molar-refractivity contribution in [2.24, 2.45) is 5.92 Å². The highest BCUT2D eigenvalue weighted by Gasteiger charge is 2.43. The molecule has 0 bridgehead atoms. The molecule has 0 aliphatic heterocycles. The summed E-state index contributed by atoms with van der Waals surface area (Å²) >= 11 is 0. The van der Waals surface area contributed by atoms with Crippen LogP contribution in [0, 0.1) is 5.92 Å². The Balaban J connectivity index is 2.79. The molecule has 1 aliphatic carbocycles. The average Bonchev–Trinajstić information content (AvgIpc) is 2.27. The van der Waals surface area contributed by atoms with Crippen LogP contribution in [0.2, 0.25) is 0 Å². The first-order valence-electron chi connectivity index (χ1n) is 6.40. The van der Waals surface area contributed by atoms with Crippen molar-refractivity contribution < 1.29 is 9.53 Å². The van der Waals surface area contributed by atoms with Crippen molar-refractivity contribution in [1.29, 1.82) is 0 Å². The Kier molecular flexibility index (Phi) is 4.78. The summed E-state index contributed by atoms with van der Waals surface area (Å²) < 4.78 is 4.99. The van der Waals surface area contributed by atoms with Gasteiger partial charge in [0.15, 0.2) is 0 Å². The molecule has 16 heavy (non-hydrogen) atoms. The van der Waals surface area contributed by atoms with Gasteiger partial charge in [0.1, 0.15) is 5.54 Å². The Morgan fingerprint density at radius 3 is 2.81 bits per heavy atom. The Hall–Kier alpha value is -0.570. The second-order valence-corrected chi connectivity index (χ2v) is 5.23. The minimum Gasteiger partial charge on any atom is -0.468 e. The molecule has 1 rings (SSSR count). The lowest BCUT2D eigenvalue weighted by atomic mass is 9.76. The first-order chi connectivity index (χ1) is 7.54. The predicted molar refractivity (Wildman–Crippen MR) is 65.3 cm³/mol. The van der Waals surface area contributed by atoms with Gasteiger partial charge in [0.05, 0.1) is 7.11 Å². The van der Waals surface area contributed by atoms with Gasteiger partial charge in [-0.2, -0.15) is 0 Å². The van der Waals surface area contributed by atoms with E-state index in [-0.39, 0.29) is 5.97 Å². The molecule has 94 valence electrons. The van der Waals surface area contributed by atoms with Crippen molar-refractivity contribution in [1.82, 2.24) is 5.32 Å². The number of hydrogen-bond donors (Lipinski definition) is 1. The summed E-state index contributed by atoms with van der Waals surface area (Å²) in [5.41, 5.74) is -0.429. The highest BCUT2D eigenvalue weighted by molar-refractivity contribution is 5.81. The lowest BCUT2D eigenvalue weighted by Crippen LogP contribution is -2.57. The van der Waals surface area contributed by atoms with Crippen LogP contribution < -0.4 is 5.32 Å². The molecule has 1 N–H and O–H groups in total. The minimum atomic E-state index is -0.429. The molecule has 0 saturated heterocycles. The second kappa shape index (κ2) is 5.67. The summed E-state index contributed by atoms with van der Waals surface area (Å²) in [6.07, 6.45) is 5.19. The normalized spacial score (nSPS) is 32.1. The summed E-state index contributed by atoms with van der Waals surface area (Å²) in [5, 5.41) is 3.49. The fourth-order valence-corrected chi connectivity index (χ4v) is 2.70. The zero-order chi connectivity index (χ0) is 12.2. The van der Waals surface area contributed by atoms with Gasteiger partial charge < -0.3 is 4.74 Å². The van der Waals surface area contributed by atoms with E-state index in [1.807, 2.05) is 0 Å². The van der Waals surface area contributed by atoms with Crippen LogP contribution in [0.15, 0.2) is 0 Å². The van der Waals surface area contributed by atoms with Crippen molar-refractivity contribution >= 4 is 5.97 Å². The van der Waals surface area contributed by atoms with Gasteiger partial charge in [-0.3, -0.25) is 10.1 Å². The fraction of sp³-hybridized carbons (Fsp3) is 0.923. The topological polar surface area (TPSA) is 38.3 Å². The van der Waals surface area contributed by atoms with Crippen LogP contribution in [0.5, 0.6) is 0 Å². The first kappa shape index (κ1) is 13.5. The van der Waals surface area contributed by atoms with Gasteiger partial charge in [-0.05, 0) is 32.1 Å². The highest BCUT2D eigenvalue weighted by Crippen LogP contribution is 2.33. The van der Waals surface area contributed by atoms with Crippen LogP contribution >= 0.6 is 0 Å². The fourth-order valence-electron chi connectivity index (χ4n) is 2.70. The quantitative estimate of drug-likeness (QED) is 0.750. The largest absolute Gasteiger partial charge is 0.468 e. The van der Waals surface area contributed by atoms with Crippen molar-refractivity contribution in [2.75, 3.05) is 7.11 Å². The number of carbonyl (C=O) groups is 1. The molecule has 0 amide bonds. The smallest absolute Gasteiger partial charge is 0.326 e. The standard InChI is InChI=1S/C13H25NO2/c1-5-11(3)14-13(12(15)16-4)8-6-7-10(2)9-13/h10-11,14H,5-9H2,1-4H3. The molecular formula is C13H25NO2. The maximum atomic E-state index is 12.0. The summed E-state index contributed by atoms with van der Waals surface area (Å²) in [4.78, 5) is 12.0. The molecule has 0 aromatic carbocycles. The van der Waals surface area contributed by atoms with Crippen LogP contribution in [-0.4, -0.2) is 24.7 Å². The summed E-state index contributed by atoms with van der Waals surface area (Å²) in [6, 6.07) is 0.365. The lowest BCUT2D eigenvalue weighted by molar-refractivity contribution is -0.151. The molecule has 0 radical (unpaired) electrons. The number of carbonyl (C=O) groups excluding carboxylic acids is 1. The van der Waals surface area contributed by atoms with Crippen molar-refractivity contribution in [3.63, 3.8) is 0 Å². The van der Waals surface area contributed by atoms with Gasteiger partial charge >= 0.3 is 5.97 Å². The first-order valence-corrected chi connectivity index (χ1v) is 6.40. The third-order valence-electron chi connectivity index (χ3n) is 3.71. The van der Waals surface area contributed by atoms with E-state index in [0.717, 1.165) is 25.7 Å². The lowest BCUT2D eigenvalue weighted by Gasteiger charge is -2.40. The Labute approximate surface area is 98.9 Å². The monoisotopic (exact) mass is 227 g/mol. The SMILES string of the molecule is CCC(C)NC1(C(=O)OC)CCCC(C)C1. The van der Waals surface area contributed by atoms with Crippen molar-refractivity contribution in [3.05, 3.63) is 0 Å². The number of nitrogens with one attached hydrogen (secondary N) is 1. The van der Waals surface area contributed by atoms with Gasteiger partial charge in [0, 0.05) is 6.04 Å². The molecule has 1 fully saturated rings. The van der Waals surface area contributed by atoms with E-state index < -0.39 is 5.54 Å². The summed E-state index contributed by atoms with van der Waals surface area (Å²) in [6.45, 7) is 6.48. The number of hydrogen-bond acceptors (Lipinski definition) is 3. The van der Waals surface area contributed by atoms with E-state index in [0.29, 0.717) is 12.0 Å². The zero-order valence-electron chi connectivity index (χ0n) is 11.0. The molecule has 0 aromatic heterocycles. The Morgan fingerprint density at radius 1 is 1.62 bits per heavy atom. The molecule has 3 nitrogen and oxygen atoms in total. The molecule has 3 heteroatoms. The van der Waals surface area contributed by atoms with Gasteiger partial charge in [-0.1, -0.05) is 26.7 Å². The van der Waals surface area contributed by atoms with Crippen molar-refractivity contribution in [3.8, 4) is 0 Å². The Bertz CT molecular complexity index is 242. The third kappa shape index (κ3) is 2.97. The molecular weight excluding hydrogens is 202 g/mol. The van der Waals surface area contributed by atoms with Gasteiger partial charge in [0.25, 0.3) is 0 Å². The Morgan fingerprint density at radius 2 is 2.31 bits per heavy atom. The number of esters is 1. The van der Waals surface area contributed by atoms with E-state index in [9.17, 15) is 4.79 Å². The van der Waals surface area contributed by atoms with E-state index in [1.54, 1.807) is 0 Å². The van der Waals surface area contributed by atoms with Gasteiger partial charge in [-0.15, -0.1) is 0 Å². The molecule has 1 saturated carbocycles. The van der Waals surface area contributed by atoms with E-state index >= 15 is 0 Å². The molecule has 3 unspecified atom stereocenters. The van der Waals surface area contributed by atoms with E-state index in [2.05, 4.69) is 26.1 Å². The number of ether oxygens (including phenoxy) is 1. The van der Waals surface area contributed by atoms with E-state index in [4.69, 9.17) is 4.74 Å². The number of rotatable bonds is 4. The highest BCUT2D eigenvalue weighted by atomic mass is 16.5. The molecule has 1 aliphatic rings. The summed E-state index contributed by atoms with van der Waals surface area (Å²) in [5.74, 6) is 0.517. The van der Waals surface area contributed by atoms with Crippen LogP contribution in [-0.2, 0) is 9.53 Å². The maximum Gasteiger partial charge on any atom is 0.326 e. The average molecular weight is 227 g/mol. The maximum absolute atomic E-state index is 12.0. The minimum absolute atomic E-state index is 0.0839. The molecule has 0 spiro atoms. The third-order valence-corrected chi connectivity index (χ3v) is 3.71. The molecule has 0 heterocycles. The van der Waals surface area contributed by atoms with Crippen LogP contribution in [0.4, 0.5) is 0 Å². The molecule has 3 atom stereocenters. The number of methoxy groups -OCH3 is 1. The van der Waals surface area contributed by atoms with Crippen LogP contribution in [0.25, 0.3) is 0 Å². The second-order valence-electron chi connectivity index (χ2n) is 5.23. The van der Waals surface area contributed by atoms with E-state index in [1.165, 1.54) is 13.5 Å². The van der Waals surface area contributed by atoms with Crippen LogP contribution in [0.3, 0.4) is 0 Å². The zero-order valence-corrected chi connectivity index (χ0v) is 11.0. The van der Waals surface area contributed by atoms with Gasteiger partial charge in [0.2, 0.25) is 0 Å². The van der Waals surface area contributed by atoms with Gasteiger partial charge in [-0.25, -0.2) is 0 Å². The summed E-state index contributed by atoms with van der Waals surface area (Å²) in [7, 11) is 1.49.